The summed E-state index contributed by atoms with van der Waals surface area (Å²) in [6, 6.07) is 14.1. The third-order valence-corrected chi connectivity index (χ3v) is 5.98. The average molecular weight is 370 g/mol. The number of nitrogens with zero attached hydrogens (tertiary/aromatic N) is 2. The molecule has 0 aliphatic carbocycles. The predicted molar refractivity (Wildman–Crippen MR) is 99.8 cm³/mol. The summed E-state index contributed by atoms with van der Waals surface area (Å²) in [6.07, 6.45) is 2.36. The summed E-state index contributed by atoms with van der Waals surface area (Å²) in [4.78, 5) is 16.6. The fourth-order valence-corrected chi connectivity index (χ4v) is 4.36. The molecule has 2 heterocycles. The standard InChI is InChI=1S/C22H24F2N2O/c23-19-7-4-8-20(24)18(19)15-25-11-9-22(10-12-25)13-21(27)26(16-22)14-17-5-2-1-3-6-17/h1-8H,9-16H2. The first kappa shape index (κ1) is 18.1. The number of hydrogen-bond donors (Lipinski definition) is 0. The topological polar surface area (TPSA) is 23.6 Å². The van der Waals surface area contributed by atoms with Crippen molar-refractivity contribution in [3.8, 4) is 0 Å². The maximum atomic E-state index is 13.9. The average Bonchev–Trinajstić information content (AvgIpc) is 2.96. The van der Waals surface area contributed by atoms with Gasteiger partial charge in [0.2, 0.25) is 5.91 Å². The Kier molecular flexibility index (Phi) is 4.96. The maximum absolute atomic E-state index is 13.9. The molecule has 27 heavy (non-hydrogen) atoms. The van der Waals surface area contributed by atoms with Crippen LogP contribution < -0.4 is 0 Å². The number of carbonyl (C=O) groups is 1. The zero-order chi connectivity index (χ0) is 18.9. The van der Waals surface area contributed by atoms with Crippen molar-refractivity contribution in [2.45, 2.75) is 32.4 Å². The Balaban J connectivity index is 1.37. The fraction of sp³-hybridized carbons (Fsp3) is 0.409. The molecule has 2 aromatic rings. The number of rotatable bonds is 4. The molecule has 2 aliphatic heterocycles. The van der Waals surface area contributed by atoms with E-state index in [2.05, 4.69) is 4.90 Å². The van der Waals surface area contributed by atoms with Gasteiger partial charge < -0.3 is 4.90 Å². The van der Waals surface area contributed by atoms with Gasteiger partial charge in [-0.05, 0) is 49.0 Å². The van der Waals surface area contributed by atoms with Crippen molar-refractivity contribution in [2.75, 3.05) is 19.6 Å². The van der Waals surface area contributed by atoms with Crippen LogP contribution in [0.1, 0.15) is 30.4 Å². The summed E-state index contributed by atoms with van der Waals surface area (Å²) >= 11 is 0. The van der Waals surface area contributed by atoms with Crippen LogP contribution in [-0.4, -0.2) is 35.3 Å². The van der Waals surface area contributed by atoms with Gasteiger partial charge in [0, 0.05) is 31.6 Å². The highest BCUT2D eigenvalue weighted by molar-refractivity contribution is 5.79. The van der Waals surface area contributed by atoms with Crippen molar-refractivity contribution in [2.24, 2.45) is 5.41 Å². The van der Waals surface area contributed by atoms with Crippen LogP contribution >= 0.6 is 0 Å². The lowest BCUT2D eigenvalue weighted by Gasteiger charge is -2.39. The Bertz CT molecular complexity index is 796. The van der Waals surface area contributed by atoms with Gasteiger partial charge in [-0.3, -0.25) is 9.69 Å². The van der Waals surface area contributed by atoms with Crippen LogP contribution in [0.25, 0.3) is 0 Å². The summed E-state index contributed by atoms with van der Waals surface area (Å²) in [5.41, 5.74) is 1.30. The number of amides is 1. The first-order valence-electron chi connectivity index (χ1n) is 9.52. The molecule has 0 aromatic heterocycles. The predicted octanol–water partition coefficient (Wildman–Crippen LogP) is 3.98. The third kappa shape index (κ3) is 3.88. The molecule has 1 amide bonds. The lowest BCUT2D eigenvalue weighted by Crippen LogP contribution is -2.41. The van der Waals surface area contributed by atoms with Gasteiger partial charge in [0.15, 0.2) is 0 Å². The summed E-state index contributed by atoms with van der Waals surface area (Å²) in [5, 5.41) is 0. The molecular formula is C22H24F2N2O. The van der Waals surface area contributed by atoms with Crippen LogP contribution in [0.5, 0.6) is 0 Å². The molecule has 0 bridgehead atoms. The SMILES string of the molecule is O=C1CC2(CCN(Cc3c(F)cccc3F)CC2)CN1Cc1ccccc1. The van der Waals surface area contributed by atoms with Crippen LogP contribution in [-0.2, 0) is 17.9 Å². The number of likely N-dealkylation sites (tertiary alicyclic amines) is 2. The zero-order valence-corrected chi connectivity index (χ0v) is 15.3. The van der Waals surface area contributed by atoms with E-state index in [-0.39, 0.29) is 23.4 Å². The highest BCUT2D eigenvalue weighted by atomic mass is 19.1. The van der Waals surface area contributed by atoms with E-state index < -0.39 is 11.6 Å². The molecule has 0 radical (unpaired) electrons. The van der Waals surface area contributed by atoms with Crippen LogP contribution in [0.2, 0.25) is 0 Å². The Labute approximate surface area is 158 Å². The Hall–Kier alpha value is -2.27. The van der Waals surface area contributed by atoms with Crippen molar-refractivity contribution >= 4 is 5.91 Å². The molecule has 2 saturated heterocycles. The first-order valence-corrected chi connectivity index (χ1v) is 9.52. The second kappa shape index (κ2) is 7.39. The second-order valence-electron chi connectivity index (χ2n) is 7.89. The molecule has 2 fully saturated rings. The van der Waals surface area contributed by atoms with Gasteiger partial charge in [0.1, 0.15) is 11.6 Å². The second-order valence-corrected chi connectivity index (χ2v) is 7.89. The minimum Gasteiger partial charge on any atom is -0.338 e. The smallest absolute Gasteiger partial charge is 0.223 e. The van der Waals surface area contributed by atoms with Crippen LogP contribution in [0.4, 0.5) is 8.78 Å². The molecule has 0 N–H and O–H groups in total. The fourth-order valence-electron chi connectivity index (χ4n) is 4.36. The normalized spacial score (nSPS) is 19.8. The summed E-state index contributed by atoms with van der Waals surface area (Å²) in [5.74, 6) is -0.756. The quantitative estimate of drug-likeness (QED) is 0.813. The first-order chi connectivity index (χ1) is 13.0. The molecule has 3 nitrogen and oxygen atoms in total. The van der Waals surface area contributed by atoms with E-state index in [1.807, 2.05) is 35.2 Å². The van der Waals surface area contributed by atoms with E-state index in [4.69, 9.17) is 0 Å². The number of hydrogen-bond acceptors (Lipinski definition) is 2. The summed E-state index contributed by atoms with van der Waals surface area (Å²) < 4.78 is 27.8. The molecule has 1 spiro atoms. The van der Waals surface area contributed by atoms with Gasteiger partial charge in [-0.1, -0.05) is 36.4 Å². The highest BCUT2D eigenvalue weighted by Crippen LogP contribution is 2.41. The monoisotopic (exact) mass is 370 g/mol. The van der Waals surface area contributed by atoms with Gasteiger partial charge in [0.25, 0.3) is 0 Å². The number of halogens is 2. The van der Waals surface area contributed by atoms with Crippen LogP contribution in [0.15, 0.2) is 48.5 Å². The largest absolute Gasteiger partial charge is 0.338 e. The molecule has 0 saturated carbocycles. The van der Waals surface area contributed by atoms with Gasteiger partial charge in [0.05, 0.1) is 0 Å². The molecule has 0 atom stereocenters. The van der Waals surface area contributed by atoms with Crippen molar-refractivity contribution in [1.29, 1.82) is 0 Å². The Morgan fingerprint density at radius 1 is 0.889 bits per heavy atom. The van der Waals surface area contributed by atoms with Gasteiger partial charge in [-0.25, -0.2) is 8.78 Å². The van der Waals surface area contributed by atoms with E-state index in [0.29, 0.717) is 13.0 Å². The summed E-state index contributed by atoms with van der Waals surface area (Å²) in [6.45, 7) is 3.25. The van der Waals surface area contributed by atoms with E-state index in [1.165, 1.54) is 18.2 Å². The van der Waals surface area contributed by atoms with Crippen LogP contribution in [0, 0.1) is 17.0 Å². The maximum Gasteiger partial charge on any atom is 0.223 e. The highest BCUT2D eigenvalue weighted by Gasteiger charge is 2.44. The molecule has 2 aromatic carbocycles. The zero-order valence-electron chi connectivity index (χ0n) is 15.3. The lowest BCUT2D eigenvalue weighted by atomic mass is 9.77. The minimum atomic E-state index is -0.486. The van der Waals surface area contributed by atoms with E-state index >= 15 is 0 Å². The molecule has 2 aliphatic rings. The number of benzene rings is 2. The van der Waals surface area contributed by atoms with Crippen molar-refractivity contribution < 1.29 is 13.6 Å². The Morgan fingerprint density at radius 2 is 1.56 bits per heavy atom. The van der Waals surface area contributed by atoms with Gasteiger partial charge in [-0.15, -0.1) is 0 Å². The summed E-state index contributed by atoms with van der Waals surface area (Å²) in [7, 11) is 0. The van der Waals surface area contributed by atoms with Crippen LogP contribution in [0.3, 0.4) is 0 Å². The van der Waals surface area contributed by atoms with E-state index in [9.17, 15) is 13.6 Å². The van der Waals surface area contributed by atoms with Crippen molar-refractivity contribution in [1.82, 2.24) is 9.80 Å². The van der Waals surface area contributed by atoms with Crippen molar-refractivity contribution in [3.63, 3.8) is 0 Å². The third-order valence-electron chi connectivity index (χ3n) is 5.98. The molecule has 0 unspecified atom stereocenters. The molecule has 4 rings (SSSR count). The van der Waals surface area contributed by atoms with Gasteiger partial charge >= 0.3 is 0 Å². The molecular weight excluding hydrogens is 346 g/mol. The number of carbonyl (C=O) groups excluding carboxylic acids is 1. The van der Waals surface area contributed by atoms with Gasteiger partial charge in [-0.2, -0.15) is 0 Å². The lowest BCUT2D eigenvalue weighted by molar-refractivity contribution is -0.128. The van der Waals surface area contributed by atoms with E-state index in [1.54, 1.807) is 0 Å². The Morgan fingerprint density at radius 3 is 2.22 bits per heavy atom. The molecule has 142 valence electrons. The number of piperidine rings is 1. The van der Waals surface area contributed by atoms with E-state index in [0.717, 1.165) is 38.0 Å². The minimum absolute atomic E-state index is 0.0101. The molecule has 5 heteroatoms. The van der Waals surface area contributed by atoms with Crippen molar-refractivity contribution in [3.05, 3.63) is 71.3 Å².